The van der Waals surface area contributed by atoms with Gasteiger partial charge >= 0.3 is 0 Å². The van der Waals surface area contributed by atoms with Crippen LogP contribution in [0.3, 0.4) is 0 Å². The summed E-state index contributed by atoms with van der Waals surface area (Å²) in [5.41, 5.74) is 6.12. The van der Waals surface area contributed by atoms with Crippen molar-refractivity contribution in [1.82, 2.24) is 14.5 Å². The molecule has 0 aromatic carbocycles. The molecule has 1 aliphatic rings. The Hall–Kier alpha value is -0.920. The van der Waals surface area contributed by atoms with Gasteiger partial charge in [0.1, 0.15) is 4.90 Å². The number of hydrogen-bond acceptors (Lipinski definition) is 4. The molecule has 0 spiro atoms. The van der Waals surface area contributed by atoms with Crippen molar-refractivity contribution in [1.29, 1.82) is 0 Å². The lowest BCUT2D eigenvalue weighted by Gasteiger charge is -2.39. The Morgan fingerprint density at radius 2 is 2.10 bits per heavy atom. The zero-order valence-electron chi connectivity index (χ0n) is 12.2. The predicted molar refractivity (Wildman–Crippen MR) is 77.8 cm³/mol. The number of aryl methyl sites for hydroxylation is 1. The summed E-state index contributed by atoms with van der Waals surface area (Å²) in [5, 5.41) is 6.55. The molecule has 0 saturated heterocycles. The average molecular weight is 300 g/mol. The first kappa shape index (κ1) is 15.5. The molecule has 0 radical (unpaired) electrons. The molecule has 1 heterocycles. The van der Waals surface area contributed by atoms with E-state index in [1.807, 2.05) is 6.92 Å². The van der Waals surface area contributed by atoms with Crippen LogP contribution in [0.15, 0.2) is 11.1 Å². The smallest absolute Gasteiger partial charge is 0.247 e. The number of rotatable bonds is 6. The molecule has 0 amide bonds. The SMILES string of the molecule is CCCN(C1(CN)CCCC1)S(=O)(=O)c1cn[nH]c1C. The van der Waals surface area contributed by atoms with Crippen LogP contribution in [0.5, 0.6) is 0 Å². The third-order valence-electron chi connectivity index (χ3n) is 4.22. The fraction of sp³-hybridized carbons (Fsp3) is 0.769. The van der Waals surface area contributed by atoms with E-state index in [0.717, 1.165) is 32.1 Å². The molecular formula is C13H24N4O2S. The molecular weight excluding hydrogens is 276 g/mol. The van der Waals surface area contributed by atoms with Crippen LogP contribution in [0.2, 0.25) is 0 Å². The van der Waals surface area contributed by atoms with Crippen LogP contribution in [0, 0.1) is 6.92 Å². The maximum atomic E-state index is 13.0. The van der Waals surface area contributed by atoms with Gasteiger partial charge in [0.05, 0.1) is 11.9 Å². The summed E-state index contributed by atoms with van der Waals surface area (Å²) in [6.07, 6.45) is 5.94. The molecule has 7 heteroatoms. The van der Waals surface area contributed by atoms with Crippen LogP contribution < -0.4 is 5.73 Å². The van der Waals surface area contributed by atoms with Crippen LogP contribution in [0.4, 0.5) is 0 Å². The van der Waals surface area contributed by atoms with Gasteiger partial charge in [0, 0.05) is 18.6 Å². The Balaban J connectivity index is 2.45. The van der Waals surface area contributed by atoms with Crippen molar-refractivity contribution >= 4 is 10.0 Å². The number of nitrogens with zero attached hydrogens (tertiary/aromatic N) is 2. The molecule has 3 N–H and O–H groups in total. The zero-order valence-corrected chi connectivity index (χ0v) is 13.0. The summed E-state index contributed by atoms with van der Waals surface area (Å²) in [4.78, 5) is 0.269. The minimum absolute atomic E-state index is 0.269. The van der Waals surface area contributed by atoms with Crippen molar-refractivity contribution < 1.29 is 8.42 Å². The van der Waals surface area contributed by atoms with Crippen LogP contribution in [-0.4, -0.2) is 41.5 Å². The van der Waals surface area contributed by atoms with Gasteiger partial charge < -0.3 is 5.73 Å². The second-order valence-corrected chi connectivity index (χ2v) is 7.40. The molecule has 114 valence electrons. The van der Waals surface area contributed by atoms with Gasteiger partial charge in [0.25, 0.3) is 0 Å². The number of hydrogen-bond donors (Lipinski definition) is 2. The Bertz CT molecular complexity index is 546. The quantitative estimate of drug-likeness (QED) is 0.830. The highest BCUT2D eigenvalue weighted by atomic mass is 32.2. The van der Waals surface area contributed by atoms with Crippen LogP contribution in [0.25, 0.3) is 0 Å². The third kappa shape index (κ3) is 2.49. The van der Waals surface area contributed by atoms with E-state index in [1.165, 1.54) is 6.20 Å². The van der Waals surface area contributed by atoms with Gasteiger partial charge in [-0.05, 0) is 26.2 Å². The van der Waals surface area contributed by atoms with Crippen molar-refractivity contribution in [3.8, 4) is 0 Å². The van der Waals surface area contributed by atoms with Gasteiger partial charge in [-0.25, -0.2) is 8.42 Å². The van der Waals surface area contributed by atoms with Crippen molar-refractivity contribution in [3.05, 3.63) is 11.9 Å². The fourth-order valence-corrected chi connectivity index (χ4v) is 5.17. The summed E-state index contributed by atoms with van der Waals surface area (Å²) in [5.74, 6) is 0. The molecule has 20 heavy (non-hydrogen) atoms. The van der Waals surface area contributed by atoms with E-state index < -0.39 is 15.6 Å². The standard InChI is InChI=1S/C13H24N4O2S/c1-3-8-17(13(10-14)6-4-5-7-13)20(18,19)12-9-15-16-11(12)2/h9H,3-8,10,14H2,1-2H3,(H,15,16). The van der Waals surface area contributed by atoms with Crippen molar-refractivity contribution in [3.63, 3.8) is 0 Å². The number of H-pyrrole nitrogens is 1. The summed E-state index contributed by atoms with van der Waals surface area (Å²) in [7, 11) is -3.54. The third-order valence-corrected chi connectivity index (χ3v) is 6.34. The lowest BCUT2D eigenvalue weighted by Crippen LogP contribution is -2.54. The molecule has 0 bridgehead atoms. The molecule has 1 aromatic rings. The minimum atomic E-state index is -3.54. The number of nitrogens with one attached hydrogen (secondary N) is 1. The molecule has 1 fully saturated rings. The summed E-state index contributed by atoms with van der Waals surface area (Å²) in [6, 6.07) is 0. The zero-order chi connectivity index (χ0) is 14.8. The Labute approximate surface area is 120 Å². The van der Waals surface area contributed by atoms with Gasteiger partial charge in [-0.3, -0.25) is 5.10 Å². The van der Waals surface area contributed by atoms with Gasteiger partial charge in [0.2, 0.25) is 10.0 Å². The van der Waals surface area contributed by atoms with Gasteiger partial charge in [-0.15, -0.1) is 0 Å². The molecule has 0 unspecified atom stereocenters. The van der Waals surface area contributed by atoms with E-state index >= 15 is 0 Å². The van der Waals surface area contributed by atoms with E-state index in [-0.39, 0.29) is 4.90 Å². The lowest BCUT2D eigenvalue weighted by molar-refractivity contribution is 0.197. The highest BCUT2D eigenvalue weighted by Crippen LogP contribution is 2.38. The van der Waals surface area contributed by atoms with E-state index in [1.54, 1.807) is 11.2 Å². The largest absolute Gasteiger partial charge is 0.329 e. The Morgan fingerprint density at radius 1 is 1.45 bits per heavy atom. The van der Waals surface area contributed by atoms with Crippen LogP contribution in [0.1, 0.15) is 44.7 Å². The molecule has 1 aliphatic carbocycles. The summed E-state index contributed by atoms with van der Waals surface area (Å²) in [6.45, 7) is 4.60. The second kappa shape index (κ2) is 5.83. The topological polar surface area (TPSA) is 92.1 Å². The van der Waals surface area contributed by atoms with Gasteiger partial charge in [-0.2, -0.15) is 9.40 Å². The fourth-order valence-electron chi connectivity index (χ4n) is 3.12. The highest BCUT2D eigenvalue weighted by molar-refractivity contribution is 7.89. The molecule has 0 atom stereocenters. The average Bonchev–Trinajstić information content (AvgIpc) is 3.05. The Morgan fingerprint density at radius 3 is 2.55 bits per heavy atom. The number of aromatic nitrogens is 2. The molecule has 2 rings (SSSR count). The van der Waals surface area contributed by atoms with E-state index in [4.69, 9.17) is 5.73 Å². The minimum Gasteiger partial charge on any atom is -0.329 e. The maximum absolute atomic E-state index is 13.0. The first-order chi connectivity index (χ1) is 9.48. The number of nitrogens with two attached hydrogens (primary N) is 1. The Kier molecular flexibility index (Phi) is 4.51. The van der Waals surface area contributed by atoms with Gasteiger partial charge in [0.15, 0.2) is 0 Å². The first-order valence-electron chi connectivity index (χ1n) is 7.21. The molecule has 1 aromatic heterocycles. The first-order valence-corrected chi connectivity index (χ1v) is 8.65. The molecule has 0 aliphatic heterocycles. The molecule has 6 nitrogen and oxygen atoms in total. The predicted octanol–water partition coefficient (Wildman–Crippen LogP) is 1.39. The number of sulfonamides is 1. The van der Waals surface area contributed by atoms with Crippen LogP contribution in [-0.2, 0) is 10.0 Å². The van der Waals surface area contributed by atoms with Crippen LogP contribution >= 0.6 is 0 Å². The van der Waals surface area contributed by atoms with Crippen molar-refractivity contribution in [2.24, 2.45) is 5.73 Å². The second-order valence-electron chi connectivity index (χ2n) is 5.57. The van der Waals surface area contributed by atoms with E-state index in [9.17, 15) is 8.42 Å². The number of aromatic amines is 1. The summed E-state index contributed by atoms with van der Waals surface area (Å²) >= 11 is 0. The monoisotopic (exact) mass is 300 g/mol. The highest BCUT2D eigenvalue weighted by Gasteiger charge is 2.45. The maximum Gasteiger partial charge on any atom is 0.247 e. The van der Waals surface area contributed by atoms with Crippen molar-refractivity contribution in [2.45, 2.75) is 56.4 Å². The molecule has 1 saturated carbocycles. The normalized spacial score (nSPS) is 18.8. The van der Waals surface area contributed by atoms with E-state index in [0.29, 0.717) is 18.8 Å². The van der Waals surface area contributed by atoms with Crippen molar-refractivity contribution in [2.75, 3.05) is 13.1 Å². The van der Waals surface area contributed by atoms with E-state index in [2.05, 4.69) is 10.2 Å². The van der Waals surface area contributed by atoms with Gasteiger partial charge in [-0.1, -0.05) is 19.8 Å². The lowest BCUT2D eigenvalue weighted by atomic mass is 9.98. The summed E-state index contributed by atoms with van der Waals surface area (Å²) < 4.78 is 27.6.